The van der Waals surface area contributed by atoms with Gasteiger partial charge in [0.15, 0.2) is 0 Å². The zero-order valence-corrected chi connectivity index (χ0v) is 12.5. The number of benzene rings is 1. The van der Waals surface area contributed by atoms with E-state index >= 15 is 0 Å². The third-order valence-corrected chi connectivity index (χ3v) is 3.70. The first-order valence-electron chi connectivity index (χ1n) is 6.96. The maximum atomic E-state index is 10.8. The predicted molar refractivity (Wildman–Crippen MR) is 81.1 cm³/mol. The highest BCUT2D eigenvalue weighted by Crippen LogP contribution is 2.23. The van der Waals surface area contributed by atoms with Crippen LogP contribution in [0.5, 0.6) is 0 Å². The number of aryl methyl sites for hydroxylation is 1. The van der Waals surface area contributed by atoms with E-state index in [1.165, 1.54) is 6.07 Å². The number of hydrogen-bond donors (Lipinski definition) is 1. The second kappa shape index (κ2) is 6.05. The van der Waals surface area contributed by atoms with Gasteiger partial charge in [-0.3, -0.25) is 14.8 Å². The van der Waals surface area contributed by atoms with E-state index in [9.17, 15) is 10.1 Å². The lowest BCUT2D eigenvalue weighted by Gasteiger charge is -2.10. The van der Waals surface area contributed by atoms with Crippen molar-refractivity contribution in [3.63, 3.8) is 0 Å². The minimum Gasteiger partial charge on any atom is -0.324 e. The molecule has 2 aromatic rings. The average Bonchev–Trinajstić information content (AvgIpc) is 2.73. The fourth-order valence-electron chi connectivity index (χ4n) is 2.55. The van der Waals surface area contributed by atoms with Crippen LogP contribution < -0.4 is 5.73 Å². The summed E-state index contributed by atoms with van der Waals surface area (Å²) in [5.41, 5.74) is 10.1. The smallest absolute Gasteiger partial charge is 0.269 e. The molecule has 0 saturated carbocycles. The van der Waals surface area contributed by atoms with Crippen molar-refractivity contribution in [2.45, 2.75) is 39.8 Å². The van der Waals surface area contributed by atoms with Crippen LogP contribution in [0.3, 0.4) is 0 Å². The van der Waals surface area contributed by atoms with Gasteiger partial charge in [0.25, 0.3) is 5.69 Å². The zero-order chi connectivity index (χ0) is 15.6. The Kier molecular flexibility index (Phi) is 4.37. The van der Waals surface area contributed by atoms with E-state index in [0.717, 1.165) is 28.9 Å². The Morgan fingerprint density at radius 1 is 1.43 bits per heavy atom. The first kappa shape index (κ1) is 15.2. The first-order chi connectivity index (χ1) is 9.93. The van der Waals surface area contributed by atoms with E-state index in [0.29, 0.717) is 6.54 Å². The van der Waals surface area contributed by atoms with Gasteiger partial charge in [0, 0.05) is 29.4 Å². The molecule has 0 aliphatic carbocycles. The maximum Gasteiger partial charge on any atom is 0.269 e. The SMILES string of the molecule is CCC(N)c1c(C)nn(Cc2cccc([N+](=O)[O-])c2)c1C. The monoisotopic (exact) mass is 288 g/mol. The number of nitrogens with zero attached hydrogens (tertiary/aromatic N) is 3. The average molecular weight is 288 g/mol. The molecule has 0 saturated heterocycles. The van der Waals surface area contributed by atoms with E-state index < -0.39 is 0 Å². The van der Waals surface area contributed by atoms with Gasteiger partial charge in [0.1, 0.15) is 0 Å². The van der Waals surface area contributed by atoms with E-state index in [2.05, 4.69) is 5.10 Å². The fraction of sp³-hybridized carbons (Fsp3) is 0.400. The van der Waals surface area contributed by atoms with Crippen LogP contribution in [0.1, 0.15) is 41.9 Å². The molecular formula is C15H20N4O2. The van der Waals surface area contributed by atoms with Gasteiger partial charge in [-0.2, -0.15) is 5.10 Å². The van der Waals surface area contributed by atoms with Crippen molar-refractivity contribution >= 4 is 5.69 Å². The lowest BCUT2D eigenvalue weighted by atomic mass is 10.0. The number of nitro benzene ring substituents is 1. The Bertz CT molecular complexity index is 664. The van der Waals surface area contributed by atoms with E-state index in [1.807, 2.05) is 31.5 Å². The first-order valence-corrected chi connectivity index (χ1v) is 6.96. The van der Waals surface area contributed by atoms with Crippen LogP contribution in [0.15, 0.2) is 24.3 Å². The Hall–Kier alpha value is -2.21. The molecule has 1 unspecified atom stereocenters. The van der Waals surface area contributed by atoms with Gasteiger partial charge in [0.05, 0.1) is 17.2 Å². The second-order valence-electron chi connectivity index (χ2n) is 5.18. The van der Waals surface area contributed by atoms with Crippen LogP contribution in [0.4, 0.5) is 5.69 Å². The van der Waals surface area contributed by atoms with Crippen molar-refractivity contribution in [2.24, 2.45) is 5.73 Å². The molecule has 0 amide bonds. The largest absolute Gasteiger partial charge is 0.324 e. The highest BCUT2D eigenvalue weighted by molar-refractivity contribution is 5.35. The van der Waals surface area contributed by atoms with Gasteiger partial charge in [-0.05, 0) is 25.8 Å². The van der Waals surface area contributed by atoms with Crippen molar-refractivity contribution in [1.82, 2.24) is 9.78 Å². The number of rotatable bonds is 5. The Balaban J connectivity index is 2.32. The molecule has 6 nitrogen and oxygen atoms in total. The molecule has 2 rings (SSSR count). The maximum absolute atomic E-state index is 10.8. The molecule has 1 aromatic heterocycles. The molecule has 0 radical (unpaired) electrons. The highest BCUT2D eigenvalue weighted by Gasteiger charge is 2.17. The van der Waals surface area contributed by atoms with Crippen LogP contribution in [-0.2, 0) is 6.54 Å². The lowest BCUT2D eigenvalue weighted by molar-refractivity contribution is -0.384. The molecule has 1 heterocycles. The third kappa shape index (κ3) is 3.11. The number of nitro groups is 1. The molecule has 0 fully saturated rings. The molecule has 1 aromatic carbocycles. The number of nitrogens with two attached hydrogens (primary N) is 1. The summed E-state index contributed by atoms with van der Waals surface area (Å²) in [5, 5.41) is 15.3. The fourth-order valence-corrected chi connectivity index (χ4v) is 2.55. The molecular weight excluding hydrogens is 268 g/mol. The van der Waals surface area contributed by atoms with Crippen LogP contribution in [0.2, 0.25) is 0 Å². The summed E-state index contributed by atoms with van der Waals surface area (Å²) in [6, 6.07) is 6.60. The standard InChI is InChI=1S/C15H20N4O2/c1-4-14(16)15-10(2)17-18(11(15)3)9-12-6-5-7-13(8-12)19(20)21/h5-8,14H,4,9,16H2,1-3H3. The Labute approximate surface area is 123 Å². The minimum atomic E-state index is -0.386. The zero-order valence-electron chi connectivity index (χ0n) is 12.5. The van der Waals surface area contributed by atoms with Crippen LogP contribution in [0, 0.1) is 24.0 Å². The van der Waals surface area contributed by atoms with Gasteiger partial charge in [-0.15, -0.1) is 0 Å². The van der Waals surface area contributed by atoms with Crippen molar-refractivity contribution in [1.29, 1.82) is 0 Å². The van der Waals surface area contributed by atoms with Crippen LogP contribution in [-0.4, -0.2) is 14.7 Å². The molecule has 0 aliphatic heterocycles. The molecule has 0 aliphatic rings. The van der Waals surface area contributed by atoms with Crippen LogP contribution >= 0.6 is 0 Å². The minimum absolute atomic E-state index is 0.0242. The van der Waals surface area contributed by atoms with Crippen molar-refractivity contribution in [3.8, 4) is 0 Å². The van der Waals surface area contributed by atoms with Gasteiger partial charge in [-0.25, -0.2) is 0 Å². The summed E-state index contributed by atoms with van der Waals surface area (Å²) >= 11 is 0. The van der Waals surface area contributed by atoms with Gasteiger partial charge < -0.3 is 5.73 Å². The van der Waals surface area contributed by atoms with E-state index in [4.69, 9.17) is 5.73 Å². The highest BCUT2D eigenvalue weighted by atomic mass is 16.6. The van der Waals surface area contributed by atoms with Crippen molar-refractivity contribution < 1.29 is 4.92 Å². The number of non-ortho nitro benzene ring substituents is 1. The quantitative estimate of drug-likeness (QED) is 0.677. The second-order valence-corrected chi connectivity index (χ2v) is 5.18. The topological polar surface area (TPSA) is 87.0 Å². The Morgan fingerprint density at radius 3 is 2.76 bits per heavy atom. The Morgan fingerprint density at radius 2 is 2.14 bits per heavy atom. The summed E-state index contributed by atoms with van der Waals surface area (Å²) in [4.78, 5) is 10.4. The number of aromatic nitrogens is 2. The van der Waals surface area contributed by atoms with Gasteiger partial charge >= 0.3 is 0 Å². The van der Waals surface area contributed by atoms with Crippen LogP contribution in [0.25, 0.3) is 0 Å². The van der Waals surface area contributed by atoms with Gasteiger partial charge in [-0.1, -0.05) is 19.1 Å². The summed E-state index contributed by atoms with van der Waals surface area (Å²) in [7, 11) is 0. The molecule has 21 heavy (non-hydrogen) atoms. The summed E-state index contributed by atoms with van der Waals surface area (Å²) in [5.74, 6) is 0. The molecule has 6 heteroatoms. The number of hydrogen-bond acceptors (Lipinski definition) is 4. The van der Waals surface area contributed by atoms with Crippen molar-refractivity contribution in [2.75, 3.05) is 0 Å². The summed E-state index contributed by atoms with van der Waals surface area (Å²) < 4.78 is 1.86. The third-order valence-electron chi connectivity index (χ3n) is 3.70. The van der Waals surface area contributed by atoms with Gasteiger partial charge in [0.2, 0.25) is 0 Å². The molecule has 112 valence electrons. The molecule has 0 bridgehead atoms. The summed E-state index contributed by atoms with van der Waals surface area (Å²) in [6.07, 6.45) is 0.851. The molecule has 1 atom stereocenters. The van der Waals surface area contributed by atoms with E-state index in [1.54, 1.807) is 12.1 Å². The normalized spacial score (nSPS) is 12.4. The lowest BCUT2D eigenvalue weighted by Crippen LogP contribution is -2.11. The van der Waals surface area contributed by atoms with E-state index in [-0.39, 0.29) is 16.7 Å². The predicted octanol–water partition coefficient (Wildman–Crippen LogP) is 2.87. The molecule has 2 N–H and O–H groups in total. The summed E-state index contributed by atoms with van der Waals surface area (Å²) in [6.45, 7) is 6.48. The van der Waals surface area contributed by atoms with Crippen molar-refractivity contribution in [3.05, 3.63) is 56.9 Å². The molecule has 0 spiro atoms.